The third-order valence-corrected chi connectivity index (χ3v) is 9.99. The highest BCUT2D eigenvalue weighted by atomic mass is 32.2. The first-order valence-corrected chi connectivity index (χ1v) is 20.7. The van der Waals surface area contributed by atoms with Crippen LogP contribution in [0.2, 0.25) is 0 Å². The first-order chi connectivity index (χ1) is 28.9. The third-order valence-electron chi connectivity index (χ3n) is 8.85. The first-order valence-electron chi connectivity index (χ1n) is 19.8. The van der Waals surface area contributed by atoms with E-state index in [4.69, 9.17) is 9.84 Å². The van der Waals surface area contributed by atoms with Crippen LogP contribution in [-0.4, -0.2) is 90.7 Å². The normalized spacial score (nSPS) is 11.8. The molecule has 15 nitrogen and oxygen atoms in total. The summed E-state index contributed by atoms with van der Waals surface area (Å²) in [5.41, 5.74) is 5.33. The number of aliphatic carboxylic acids is 1. The Hall–Kier alpha value is -6.00. The maximum absolute atomic E-state index is 13.1. The van der Waals surface area contributed by atoms with Gasteiger partial charge in [-0.1, -0.05) is 96.9 Å². The van der Waals surface area contributed by atoms with Crippen LogP contribution in [0.25, 0.3) is 0 Å². The Morgan fingerprint density at radius 3 is 1.97 bits per heavy atom. The second-order valence-corrected chi connectivity index (χ2v) is 15.1. The average molecular weight is 845 g/mol. The molecule has 0 saturated carbocycles. The van der Waals surface area contributed by atoms with E-state index in [1.807, 2.05) is 30.3 Å². The molecule has 2 atom stereocenters. The van der Waals surface area contributed by atoms with Crippen LogP contribution in [0, 0.1) is 6.92 Å². The molecule has 6 amide bonds. The molecule has 0 aliphatic rings. The van der Waals surface area contributed by atoms with E-state index in [2.05, 4.69) is 63.1 Å². The standard InChI is InChI=1S/C44H56N6O9S/c1-3-22-60-37(25-42(55)56)44(58)45-21-9-5-8-12-38(51)46-26-39(52)47-28-41(54)50-36(24-32-10-6-4-7-11-32)43(57)48-27-40(53)49-30-59-29-35-19-17-34(18-20-35)23-33-15-13-31(2)14-16-33/h3-4,6-7,10-11,13-20,22,36-37H,5,8-9,12,21,23-30H2,1-2H3,(H,45,58)(H,46,51)(H,47,52)(H,48,57)(H,49,53)(H,50,54)(H,55,56)/b22-3-/t36-,37?/m0/s1. The van der Waals surface area contributed by atoms with Crippen molar-refractivity contribution in [1.29, 1.82) is 0 Å². The van der Waals surface area contributed by atoms with Crippen molar-refractivity contribution < 1.29 is 43.4 Å². The van der Waals surface area contributed by atoms with Gasteiger partial charge < -0.3 is 41.7 Å². The minimum Gasteiger partial charge on any atom is -0.481 e. The van der Waals surface area contributed by atoms with Gasteiger partial charge in [-0.2, -0.15) is 0 Å². The number of rotatable bonds is 27. The van der Waals surface area contributed by atoms with Gasteiger partial charge in [0.15, 0.2) is 0 Å². The second-order valence-electron chi connectivity index (χ2n) is 13.9. The molecule has 322 valence electrons. The van der Waals surface area contributed by atoms with E-state index in [1.165, 1.54) is 16.7 Å². The highest BCUT2D eigenvalue weighted by molar-refractivity contribution is 8.03. The van der Waals surface area contributed by atoms with Gasteiger partial charge in [0.05, 0.1) is 37.9 Å². The van der Waals surface area contributed by atoms with Gasteiger partial charge in [0.25, 0.3) is 0 Å². The molecule has 60 heavy (non-hydrogen) atoms. The number of aryl methyl sites for hydroxylation is 1. The van der Waals surface area contributed by atoms with Gasteiger partial charge in [0.1, 0.15) is 12.8 Å². The topological polar surface area (TPSA) is 221 Å². The number of carboxylic acid groups (broad SMARTS) is 1. The molecule has 3 aromatic carbocycles. The Morgan fingerprint density at radius 1 is 0.667 bits per heavy atom. The molecule has 3 aromatic rings. The second kappa shape index (κ2) is 27.6. The molecule has 0 aliphatic heterocycles. The lowest BCUT2D eigenvalue weighted by Crippen LogP contribution is -2.52. The van der Waals surface area contributed by atoms with E-state index in [1.54, 1.807) is 42.7 Å². The summed E-state index contributed by atoms with van der Waals surface area (Å²) in [5, 5.41) is 25.4. The smallest absolute Gasteiger partial charge is 0.305 e. The van der Waals surface area contributed by atoms with Gasteiger partial charge in [-0.25, -0.2) is 0 Å². The number of unbranched alkanes of at least 4 members (excludes halogenated alkanes) is 2. The highest BCUT2D eigenvalue weighted by Gasteiger charge is 2.23. The van der Waals surface area contributed by atoms with Crippen molar-refractivity contribution in [1.82, 2.24) is 31.9 Å². The van der Waals surface area contributed by atoms with Crippen LogP contribution >= 0.6 is 11.8 Å². The van der Waals surface area contributed by atoms with Crippen molar-refractivity contribution in [2.24, 2.45) is 0 Å². The summed E-state index contributed by atoms with van der Waals surface area (Å²) in [4.78, 5) is 86.3. The number of nitrogens with one attached hydrogen (secondary N) is 6. The number of ether oxygens (including phenoxy) is 1. The van der Waals surface area contributed by atoms with Crippen molar-refractivity contribution in [3.8, 4) is 0 Å². The molecular formula is C44H56N6O9S. The quantitative estimate of drug-likeness (QED) is 0.0439. The lowest BCUT2D eigenvalue weighted by Gasteiger charge is -2.19. The fourth-order valence-corrected chi connectivity index (χ4v) is 6.40. The van der Waals surface area contributed by atoms with Gasteiger partial charge in [-0.15, -0.1) is 11.8 Å². The third kappa shape index (κ3) is 20.6. The molecule has 0 aliphatic carbocycles. The number of hydrogen-bond acceptors (Lipinski definition) is 9. The summed E-state index contributed by atoms with van der Waals surface area (Å²) >= 11 is 1.14. The van der Waals surface area contributed by atoms with Crippen LogP contribution in [0.15, 0.2) is 90.3 Å². The summed E-state index contributed by atoms with van der Waals surface area (Å²) in [5.74, 6) is -4.12. The molecule has 3 rings (SSSR count). The number of carboxylic acids is 1. The minimum absolute atomic E-state index is 0.0681. The Kier molecular flexibility index (Phi) is 22.3. The summed E-state index contributed by atoms with van der Waals surface area (Å²) in [6.45, 7) is 3.23. The Balaban J connectivity index is 1.31. The Morgan fingerprint density at radius 2 is 1.28 bits per heavy atom. The zero-order valence-electron chi connectivity index (χ0n) is 34.1. The number of thioether (sulfide) groups is 1. The van der Waals surface area contributed by atoms with Crippen molar-refractivity contribution >= 4 is 53.2 Å². The largest absolute Gasteiger partial charge is 0.481 e. The molecule has 0 bridgehead atoms. The van der Waals surface area contributed by atoms with Crippen molar-refractivity contribution in [2.45, 2.75) is 76.7 Å². The van der Waals surface area contributed by atoms with Crippen molar-refractivity contribution in [2.75, 3.05) is 32.9 Å². The van der Waals surface area contributed by atoms with E-state index in [-0.39, 0.29) is 57.5 Å². The number of carbonyl (C=O) groups excluding carboxylic acids is 6. The lowest BCUT2D eigenvalue weighted by molar-refractivity contribution is -0.138. The summed E-state index contributed by atoms with van der Waals surface area (Å²) in [6, 6.07) is 24.4. The fourth-order valence-electron chi connectivity index (χ4n) is 5.61. The Labute approximate surface area is 355 Å². The van der Waals surface area contributed by atoms with Crippen LogP contribution in [-0.2, 0) is 57.7 Å². The zero-order chi connectivity index (χ0) is 43.5. The van der Waals surface area contributed by atoms with E-state index < -0.39 is 47.4 Å². The van der Waals surface area contributed by atoms with E-state index in [0.717, 1.165) is 29.3 Å². The predicted octanol–water partition coefficient (Wildman–Crippen LogP) is 3.04. The van der Waals surface area contributed by atoms with E-state index >= 15 is 0 Å². The van der Waals surface area contributed by atoms with E-state index in [9.17, 15) is 33.6 Å². The molecular weight excluding hydrogens is 789 g/mol. The summed E-state index contributed by atoms with van der Waals surface area (Å²) in [6.07, 6.45) is 4.24. The molecule has 16 heteroatoms. The van der Waals surface area contributed by atoms with Crippen molar-refractivity contribution in [3.05, 3.63) is 118 Å². The van der Waals surface area contributed by atoms with Gasteiger partial charge in [-0.3, -0.25) is 33.6 Å². The molecule has 0 radical (unpaired) electrons. The summed E-state index contributed by atoms with van der Waals surface area (Å²) < 4.78 is 5.60. The van der Waals surface area contributed by atoms with Crippen LogP contribution < -0.4 is 31.9 Å². The van der Waals surface area contributed by atoms with Crippen LogP contribution in [0.3, 0.4) is 0 Å². The van der Waals surface area contributed by atoms with Crippen LogP contribution in [0.1, 0.15) is 66.8 Å². The first kappa shape index (κ1) is 48.4. The summed E-state index contributed by atoms with van der Waals surface area (Å²) in [7, 11) is 0. The van der Waals surface area contributed by atoms with Gasteiger partial charge >= 0.3 is 5.97 Å². The molecule has 0 spiro atoms. The minimum atomic E-state index is -1.06. The number of allylic oxidation sites excluding steroid dienone is 1. The monoisotopic (exact) mass is 844 g/mol. The predicted molar refractivity (Wildman–Crippen MR) is 229 cm³/mol. The van der Waals surface area contributed by atoms with Gasteiger partial charge in [-0.05, 0) is 60.8 Å². The fraction of sp³-hybridized carbons (Fsp3) is 0.386. The zero-order valence-corrected chi connectivity index (χ0v) is 34.9. The molecule has 7 N–H and O–H groups in total. The van der Waals surface area contributed by atoms with Crippen LogP contribution in [0.5, 0.6) is 0 Å². The number of amides is 6. The molecule has 0 heterocycles. The molecule has 0 saturated heterocycles. The SMILES string of the molecule is C/C=C\SC(CC(=O)O)C(=O)NCCCCCC(=O)NCC(=O)NCC(=O)N[C@@H](Cc1ccccc1)C(=O)NCC(=O)NCOCc1ccc(Cc2ccc(C)cc2)cc1. The van der Waals surface area contributed by atoms with Crippen LogP contribution in [0.4, 0.5) is 0 Å². The number of benzene rings is 3. The van der Waals surface area contributed by atoms with Gasteiger partial charge in [0, 0.05) is 19.4 Å². The lowest BCUT2D eigenvalue weighted by atomic mass is 10.0. The molecule has 0 fully saturated rings. The maximum Gasteiger partial charge on any atom is 0.305 e. The number of hydrogen-bond donors (Lipinski definition) is 7. The molecule has 1 unspecified atom stereocenters. The maximum atomic E-state index is 13.1. The highest BCUT2D eigenvalue weighted by Crippen LogP contribution is 2.17. The Bertz CT molecular complexity index is 1870. The van der Waals surface area contributed by atoms with Gasteiger partial charge in [0.2, 0.25) is 35.4 Å². The van der Waals surface area contributed by atoms with Crippen molar-refractivity contribution in [3.63, 3.8) is 0 Å². The van der Waals surface area contributed by atoms with E-state index in [0.29, 0.717) is 25.8 Å². The average Bonchev–Trinajstić information content (AvgIpc) is 3.24. The molecule has 0 aromatic heterocycles. The number of carbonyl (C=O) groups is 7.